The fourth-order valence-electron chi connectivity index (χ4n) is 3.53. The van der Waals surface area contributed by atoms with E-state index in [0.29, 0.717) is 30.6 Å². The minimum absolute atomic E-state index is 0.0547. The van der Waals surface area contributed by atoms with E-state index in [-0.39, 0.29) is 17.5 Å². The molecule has 1 aromatic carbocycles. The molecule has 1 aliphatic heterocycles. The van der Waals surface area contributed by atoms with Crippen LogP contribution in [0.1, 0.15) is 30.8 Å². The summed E-state index contributed by atoms with van der Waals surface area (Å²) in [6.45, 7) is 3.56. The molecule has 0 bridgehead atoms. The van der Waals surface area contributed by atoms with Crippen LogP contribution in [0.25, 0.3) is 11.0 Å². The molecule has 6 nitrogen and oxygen atoms in total. The Balaban J connectivity index is 1.49. The van der Waals surface area contributed by atoms with Crippen molar-refractivity contribution in [1.82, 2.24) is 19.4 Å². The molecule has 0 saturated carbocycles. The van der Waals surface area contributed by atoms with Crippen LogP contribution in [0.5, 0.6) is 0 Å². The molecule has 1 aliphatic rings. The molecule has 3 heterocycles. The molecule has 0 spiro atoms. The monoisotopic (exact) mass is 336 g/mol. The van der Waals surface area contributed by atoms with Gasteiger partial charge in [-0.15, -0.1) is 0 Å². The zero-order chi connectivity index (χ0) is 17.4. The van der Waals surface area contributed by atoms with Gasteiger partial charge in [-0.05, 0) is 31.2 Å². The van der Waals surface area contributed by atoms with Gasteiger partial charge in [0.2, 0.25) is 5.91 Å². The molecule has 1 atom stereocenters. The van der Waals surface area contributed by atoms with Crippen molar-refractivity contribution in [1.29, 1.82) is 0 Å². The zero-order valence-electron chi connectivity index (χ0n) is 14.1. The zero-order valence-corrected chi connectivity index (χ0v) is 14.1. The topological polar surface area (TPSA) is 71.0 Å². The summed E-state index contributed by atoms with van der Waals surface area (Å²) in [5, 5.41) is 0. The summed E-state index contributed by atoms with van der Waals surface area (Å²) < 4.78 is 2.18. The first-order valence-electron chi connectivity index (χ1n) is 8.56. The molecule has 1 amide bonds. The number of H-pyrrole nitrogens is 1. The number of nitrogens with zero attached hydrogens (tertiary/aromatic N) is 3. The minimum Gasteiger partial charge on any atom is -0.348 e. The number of aryl methyl sites for hydroxylation is 1. The summed E-state index contributed by atoms with van der Waals surface area (Å²) >= 11 is 0. The lowest BCUT2D eigenvalue weighted by atomic mass is 10.1. The van der Waals surface area contributed by atoms with Crippen LogP contribution in [0.15, 0.2) is 47.4 Å². The van der Waals surface area contributed by atoms with Gasteiger partial charge in [-0.25, -0.2) is 4.98 Å². The Hall–Kier alpha value is -2.89. The van der Waals surface area contributed by atoms with Crippen molar-refractivity contribution in [3.63, 3.8) is 0 Å². The highest BCUT2D eigenvalue weighted by molar-refractivity contribution is 5.77. The number of amides is 1. The highest BCUT2D eigenvalue weighted by atomic mass is 16.2. The Morgan fingerprint density at radius 2 is 2.08 bits per heavy atom. The molecule has 6 heteroatoms. The van der Waals surface area contributed by atoms with Crippen LogP contribution in [0.3, 0.4) is 0 Å². The molecule has 3 aromatic rings. The van der Waals surface area contributed by atoms with E-state index in [0.717, 1.165) is 17.8 Å². The first-order chi connectivity index (χ1) is 12.1. The van der Waals surface area contributed by atoms with Gasteiger partial charge in [-0.2, -0.15) is 0 Å². The van der Waals surface area contributed by atoms with E-state index in [2.05, 4.69) is 20.6 Å². The largest absolute Gasteiger partial charge is 0.348 e. The predicted molar refractivity (Wildman–Crippen MR) is 95.2 cm³/mol. The summed E-state index contributed by atoms with van der Waals surface area (Å²) in [5.41, 5.74) is 2.81. The fraction of sp³-hybridized carbons (Fsp3) is 0.316. The van der Waals surface area contributed by atoms with Crippen LogP contribution in [0.4, 0.5) is 0 Å². The minimum atomic E-state index is -0.216. The standard InChI is InChI=1S/C19H20N4O2/c1-13-17-7-4-10-22(17)11-12-23(13)18(24)9-8-16-19(25)21-15-6-3-2-5-14(15)20-16/h2-7,10,13H,8-9,11-12H2,1H3,(H,21,25)/t13-/m1/s1. The van der Waals surface area contributed by atoms with E-state index in [1.165, 1.54) is 0 Å². The average molecular weight is 336 g/mol. The number of fused-ring (bicyclic) bond motifs is 2. The summed E-state index contributed by atoms with van der Waals surface area (Å²) in [4.78, 5) is 34.0. The molecule has 0 radical (unpaired) electrons. The predicted octanol–water partition coefficient (Wildman–Crippen LogP) is 2.26. The third kappa shape index (κ3) is 2.84. The van der Waals surface area contributed by atoms with Crippen LogP contribution in [-0.2, 0) is 17.8 Å². The lowest BCUT2D eigenvalue weighted by Gasteiger charge is -2.35. The maximum Gasteiger partial charge on any atom is 0.270 e. The van der Waals surface area contributed by atoms with Crippen LogP contribution in [0, 0.1) is 0 Å². The molecule has 2 aromatic heterocycles. The summed E-state index contributed by atoms with van der Waals surface area (Å²) in [6, 6.07) is 11.5. The van der Waals surface area contributed by atoms with Gasteiger partial charge < -0.3 is 14.5 Å². The van der Waals surface area contributed by atoms with E-state index < -0.39 is 0 Å². The van der Waals surface area contributed by atoms with Gasteiger partial charge in [0.1, 0.15) is 5.69 Å². The molecule has 0 saturated heterocycles. The van der Waals surface area contributed by atoms with Crippen LogP contribution in [0.2, 0.25) is 0 Å². The number of aromatic nitrogens is 3. The molecule has 1 N–H and O–H groups in total. The van der Waals surface area contributed by atoms with E-state index in [9.17, 15) is 9.59 Å². The van der Waals surface area contributed by atoms with Crippen LogP contribution >= 0.6 is 0 Å². The van der Waals surface area contributed by atoms with Crippen molar-refractivity contribution < 1.29 is 4.79 Å². The van der Waals surface area contributed by atoms with E-state index in [1.54, 1.807) is 0 Å². The van der Waals surface area contributed by atoms with Gasteiger partial charge in [-0.3, -0.25) is 9.59 Å². The van der Waals surface area contributed by atoms with Gasteiger partial charge in [0, 0.05) is 37.8 Å². The number of hydrogen-bond acceptors (Lipinski definition) is 3. The normalized spacial score (nSPS) is 16.8. The summed E-state index contributed by atoms with van der Waals surface area (Å²) in [5.74, 6) is 0.0642. The van der Waals surface area contributed by atoms with Gasteiger partial charge in [0.05, 0.1) is 17.1 Å². The summed E-state index contributed by atoms with van der Waals surface area (Å²) in [6.07, 6.45) is 2.69. The van der Waals surface area contributed by atoms with Crippen molar-refractivity contribution in [2.45, 2.75) is 32.4 Å². The molecular weight excluding hydrogens is 316 g/mol. The maximum atomic E-state index is 12.7. The van der Waals surface area contributed by atoms with Crippen molar-refractivity contribution in [3.8, 4) is 0 Å². The van der Waals surface area contributed by atoms with Crippen molar-refractivity contribution in [2.24, 2.45) is 0 Å². The molecule has 0 unspecified atom stereocenters. The molecule has 4 rings (SSSR count). The fourth-order valence-corrected chi connectivity index (χ4v) is 3.53. The molecule has 25 heavy (non-hydrogen) atoms. The number of para-hydroxylation sites is 2. The number of carbonyl (C=O) groups excluding carboxylic acids is 1. The second-order valence-electron chi connectivity index (χ2n) is 6.42. The Morgan fingerprint density at radius 1 is 1.24 bits per heavy atom. The molecular formula is C19H20N4O2. The number of benzene rings is 1. The van der Waals surface area contributed by atoms with E-state index in [1.807, 2.05) is 48.4 Å². The number of rotatable bonds is 3. The molecule has 128 valence electrons. The van der Waals surface area contributed by atoms with Crippen molar-refractivity contribution in [3.05, 3.63) is 64.3 Å². The maximum absolute atomic E-state index is 12.7. The lowest BCUT2D eigenvalue weighted by molar-refractivity contribution is -0.134. The highest BCUT2D eigenvalue weighted by Crippen LogP contribution is 2.26. The lowest BCUT2D eigenvalue weighted by Crippen LogP contribution is -2.40. The Labute approximate surface area is 145 Å². The first-order valence-corrected chi connectivity index (χ1v) is 8.56. The highest BCUT2D eigenvalue weighted by Gasteiger charge is 2.27. The third-order valence-electron chi connectivity index (χ3n) is 4.91. The van der Waals surface area contributed by atoms with Gasteiger partial charge in [-0.1, -0.05) is 12.1 Å². The average Bonchev–Trinajstić information content (AvgIpc) is 3.09. The smallest absolute Gasteiger partial charge is 0.270 e. The number of hydrogen-bond donors (Lipinski definition) is 1. The second-order valence-corrected chi connectivity index (χ2v) is 6.42. The number of carbonyl (C=O) groups is 1. The molecule has 0 fully saturated rings. The Bertz CT molecular complexity index is 988. The number of aromatic amines is 1. The summed E-state index contributed by atoms with van der Waals surface area (Å²) in [7, 11) is 0. The van der Waals surface area contributed by atoms with Crippen molar-refractivity contribution >= 4 is 16.9 Å². The SMILES string of the molecule is C[C@@H]1c2cccn2CCN1C(=O)CCc1nc2ccccc2[nH]c1=O. The first kappa shape index (κ1) is 15.6. The molecule has 0 aliphatic carbocycles. The second kappa shape index (κ2) is 6.20. The van der Waals surface area contributed by atoms with Gasteiger partial charge in [0.25, 0.3) is 5.56 Å². The van der Waals surface area contributed by atoms with Crippen LogP contribution in [-0.4, -0.2) is 31.9 Å². The van der Waals surface area contributed by atoms with Gasteiger partial charge >= 0.3 is 0 Å². The van der Waals surface area contributed by atoms with Gasteiger partial charge in [0.15, 0.2) is 0 Å². The Morgan fingerprint density at radius 3 is 2.96 bits per heavy atom. The quantitative estimate of drug-likeness (QED) is 0.797. The van der Waals surface area contributed by atoms with E-state index in [4.69, 9.17) is 0 Å². The Kier molecular flexibility index (Phi) is 3.87. The number of nitrogens with one attached hydrogen (secondary N) is 1. The van der Waals surface area contributed by atoms with Crippen LogP contribution < -0.4 is 5.56 Å². The van der Waals surface area contributed by atoms with E-state index >= 15 is 0 Å². The third-order valence-corrected chi connectivity index (χ3v) is 4.91. The van der Waals surface area contributed by atoms with Crippen molar-refractivity contribution in [2.75, 3.05) is 6.54 Å².